The lowest BCUT2D eigenvalue weighted by Crippen LogP contribution is -2.53. The molecule has 1 aliphatic heterocycles. The van der Waals surface area contributed by atoms with E-state index in [1.54, 1.807) is 46.3 Å². The first kappa shape index (κ1) is 26.2. The van der Waals surface area contributed by atoms with Crippen molar-refractivity contribution in [2.24, 2.45) is 0 Å². The molecule has 3 heterocycles. The largest absolute Gasteiger partial charge is 0.245 e. The Morgan fingerprint density at radius 3 is 1.26 bits per heavy atom. The fourth-order valence-corrected chi connectivity index (χ4v) is 11.5. The second kappa shape index (κ2) is 8.90. The van der Waals surface area contributed by atoms with Gasteiger partial charge in [-0.1, -0.05) is 111 Å². The zero-order valence-electron chi connectivity index (χ0n) is 23.4. The molecule has 1 aliphatic rings. The second-order valence-electron chi connectivity index (χ2n) is 13.3. The Morgan fingerprint density at radius 1 is 0.588 bits per heavy atom. The number of rotatable bonds is 6. The third-order valence-electron chi connectivity index (χ3n) is 7.29. The average molecular weight is 523 g/mol. The summed E-state index contributed by atoms with van der Waals surface area (Å²) in [6, 6.07) is 10.3. The molecular weight excluding hydrogens is 479 g/mol. The topological polar surface area (TPSA) is 0 Å². The van der Waals surface area contributed by atoms with E-state index in [2.05, 4.69) is 128 Å². The van der Waals surface area contributed by atoms with E-state index in [1.165, 1.54) is 5.56 Å². The van der Waals surface area contributed by atoms with Crippen molar-refractivity contribution in [3.63, 3.8) is 0 Å². The molecule has 0 atom stereocenters. The molecule has 3 aromatic rings. The van der Waals surface area contributed by atoms with Gasteiger partial charge in [0.15, 0.2) is 0 Å². The van der Waals surface area contributed by atoms with Crippen molar-refractivity contribution >= 4 is 70.9 Å². The van der Waals surface area contributed by atoms with Crippen molar-refractivity contribution in [3.8, 4) is 9.75 Å². The number of thiophene rings is 2. The summed E-state index contributed by atoms with van der Waals surface area (Å²) in [6.45, 7) is 29.7. The molecule has 0 saturated heterocycles. The summed E-state index contributed by atoms with van der Waals surface area (Å²) in [6.07, 6.45) is 0. The maximum atomic E-state index is 2.63. The highest BCUT2D eigenvalue weighted by atomic mass is 32.1. The number of hydrogen-bond donors (Lipinski definition) is 0. The van der Waals surface area contributed by atoms with Crippen molar-refractivity contribution in [2.75, 3.05) is 0 Å². The number of hydrogen-bond acceptors (Lipinski definition) is 2. The van der Waals surface area contributed by atoms with Crippen LogP contribution in [0.3, 0.4) is 0 Å². The summed E-state index contributed by atoms with van der Waals surface area (Å²) in [7, 11) is -2.74. The van der Waals surface area contributed by atoms with Crippen molar-refractivity contribution in [1.29, 1.82) is 0 Å². The van der Waals surface area contributed by atoms with E-state index in [0.29, 0.717) is 24.5 Å². The van der Waals surface area contributed by atoms with Crippen molar-refractivity contribution in [1.82, 2.24) is 0 Å². The average Bonchev–Trinajstić information content (AvgIpc) is 3.36. The molecule has 0 aliphatic carbocycles. The summed E-state index contributed by atoms with van der Waals surface area (Å²) in [5, 5.41) is 0. The minimum atomic E-state index is -1.37. The fraction of sp³-hybridized carbons (Fsp3) is 0.517. The molecule has 0 nitrogen and oxygen atoms in total. The molecular formula is C29H43BS2Si2. The van der Waals surface area contributed by atoms with Crippen LogP contribution in [0.25, 0.3) is 9.75 Å². The molecule has 0 fully saturated rings. The maximum absolute atomic E-state index is 2.63. The van der Waals surface area contributed by atoms with Crippen LogP contribution in [0.1, 0.15) is 76.0 Å². The van der Waals surface area contributed by atoms with Gasteiger partial charge < -0.3 is 0 Å². The molecule has 1 aromatic carbocycles. The second-order valence-corrected chi connectivity index (χ2v) is 26.2. The SMILES string of the molecule is CC(C)c1cc(C(C)C)c(B2c3cc([Si](C)(C)C)sc3-c3sc([Si](C)(C)C)cc32)c(C(C)C)c1. The molecule has 0 spiro atoms. The lowest BCUT2D eigenvalue weighted by molar-refractivity contribution is 0.812. The van der Waals surface area contributed by atoms with Gasteiger partial charge in [0, 0.05) is 9.75 Å². The van der Waals surface area contributed by atoms with Crippen LogP contribution in [0.2, 0.25) is 39.3 Å². The first-order valence-electron chi connectivity index (χ1n) is 13.1. The summed E-state index contributed by atoms with van der Waals surface area (Å²) in [4.78, 5) is 3.17. The van der Waals surface area contributed by atoms with Crippen LogP contribution in [0.15, 0.2) is 24.3 Å². The Bertz CT molecular complexity index is 1130. The normalized spacial score (nSPS) is 14.0. The van der Waals surface area contributed by atoms with Crippen LogP contribution in [0.5, 0.6) is 0 Å². The summed E-state index contributed by atoms with van der Waals surface area (Å²) < 4.78 is 3.32. The summed E-state index contributed by atoms with van der Waals surface area (Å²) >= 11 is 4.24. The van der Waals surface area contributed by atoms with Gasteiger partial charge in [0.25, 0.3) is 0 Å². The highest BCUT2D eigenvalue weighted by Gasteiger charge is 2.42. The van der Waals surface area contributed by atoms with E-state index in [4.69, 9.17) is 0 Å². The van der Waals surface area contributed by atoms with Crippen LogP contribution in [-0.2, 0) is 0 Å². The van der Waals surface area contributed by atoms with Crippen LogP contribution >= 0.6 is 22.7 Å². The molecule has 5 heteroatoms. The van der Waals surface area contributed by atoms with Gasteiger partial charge in [-0.3, -0.25) is 0 Å². The number of fused-ring (bicyclic) bond motifs is 3. The van der Waals surface area contributed by atoms with E-state index < -0.39 is 16.1 Å². The van der Waals surface area contributed by atoms with E-state index in [1.807, 2.05) is 0 Å². The molecule has 0 amide bonds. The zero-order valence-corrected chi connectivity index (χ0v) is 27.1. The molecule has 0 N–H and O–H groups in total. The molecule has 4 rings (SSSR count). The molecule has 0 saturated carbocycles. The van der Waals surface area contributed by atoms with E-state index >= 15 is 0 Å². The third-order valence-corrected chi connectivity index (χ3v) is 16.9. The van der Waals surface area contributed by atoms with Crippen LogP contribution in [0, 0.1) is 0 Å². The lowest BCUT2D eigenvalue weighted by Gasteiger charge is -2.26. The Balaban J connectivity index is 2.08. The predicted molar refractivity (Wildman–Crippen MR) is 167 cm³/mol. The standard InChI is InChI=1S/C29H43BS2Si2/c1-17(2)20-13-21(18(3)4)27(22(14-20)19(5)6)30-23-15-25(33(7,8)9)31-28(23)29-24(30)16-26(32-29)34(10,11)12/h13-19H,1-12H3. The highest BCUT2D eigenvalue weighted by Crippen LogP contribution is 2.35. The Hall–Kier alpha value is -0.881. The third kappa shape index (κ3) is 4.51. The smallest absolute Gasteiger partial charge is 0.145 e. The van der Waals surface area contributed by atoms with Gasteiger partial charge in [-0.2, -0.15) is 0 Å². The van der Waals surface area contributed by atoms with Crippen LogP contribution in [0.4, 0.5) is 0 Å². The van der Waals surface area contributed by atoms with Gasteiger partial charge in [0.2, 0.25) is 6.71 Å². The Morgan fingerprint density at radius 2 is 0.971 bits per heavy atom. The molecule has 0 bridgehead atoms. The Kier molecular flexibility index (Phi) is 6.85. The predicted octanol–water partition coefficient (Wildman–Crippen LogP) is 6.77. The Labute approximate surface area is 219 Å². The fourth-order valence-electron chi connectivity index (χ4n) is 5.16. The van der Waals surface area contributed by atoms with Gasteiger partial charge in [0.05, 0.1) is 16.1 Å². The first-order chi connectivity index (χ1) is 15.6. The van der Waals surface area contributed by atoms with Crippen molar-refractivity contribution < 1.29 is 0 Å². The minimum absolute atomic E-state index is 0.392. The molecule has 0 radical (unpaired) electrons. The highest BCUT2D eigenvalue weighted by molar-refractivity contribution is 7.37. The van der Waals surface area contributed by atoms with Gasteiger partial charge in [-0.15, -0.1) is 22.7 Å². The van der Waals surface area contributed by atoms with E-state index in [-0.39, 0.29) is 0 Å². The van der Waals surface area contributed by atoms with Gasteiger partial charge in [-0.05, 0) is 54.4 Å². The summed E-state index contributed by atoms with van der Waals surface area (Å²) in [5.41, 5.74) is 9.46. The zero-order chi connectivity index (χ0) is 25.3. The van der Waals surface area contributed by atoms with Gasteiger partial charge in [-0.25, -0.2) is 0 Å². The van der Waals surface area contributed by atoms with E-state index in [9.17, 15) is 0 Å². The molecule has 34 heavy (non-hydrogen) atoms. The van der Waals surface area contributed by atoms with Crippen LogP contribution in [-0.4, -0.2) is 22.9 Å². The van der Waals surface area contributed by atoms with Crippen molar-refractivity contribution in [2.45, 2.75) is 98.6 Å². The van der Waals surface area contributed by atoms with Crippen molar-refractivity contribution in [3.05, 3.63) is 41.0 Å². The quantitative estimate of drug-likeness (QED) is 0.245. The minimum Gasteiger partial charge on any atom is -0.145 e. The van der Waals surface area contributed by atoms with Gasteiger partial charge >= 0.3 is 0 Å². The maximum Gasteiger partial charge on any atom is 0.245 e. The lowest BCUT2D eigenvalue weighted by atomic mass is 9.37. The van der Waals surface area contributed by atoms with Gasteiger partial charge in [0.1, 0.15) is 0 Å². The number of benzene rings is 1. The summed E-state index contributed by atoms with van der Waals surface area (Å²) in [5.74, 6) is 1.59. The molecule has 2 aromatic heterocycles. The molecule has 182 valence electrons. The molecule has 0 unspecified atom stereocenters. The van der Waals surface area contributed by atoms with E-state index in [0.717, 1.165) is 0 Å². The van der Waals surface area contributed by atoms with Crippen LogP contribution < -0.4 is 25.4 Å². The monoisotopic (exact) mass is 522 g/mol. The first-order valence-corrected chi connectivity index (χ1v) is 21.7.